The Morgan fingerprint density at radius 1 is 1.30 bits per heavy atom. The van der Waals surface area contributed by atoms with E-state index in [4.69, 9.17) is 0 Å². The predicted octanol–water partition coefficient (Wildman–Crippen LogP) is 3.77. The van der Waals surface area contributed by atoms with Crippen molar-refractivity contribution in [3.63, 3.8) is 0 Å². The lowest BCUT2D eigenvalue weighted by molar-refractivity contribution is -0.117. The summed E-state index contributed by atoms with van der Waals surface area (Å²) in [6, 6.07) is 10.7. The molecule has 1 aromatic heterocycles. The Hall–Kier alpha value is -2.14. The molecule has 5 heteroatoms. The summed E-state index contributed by atoms with van der Waals surface area (Å²) in [4.78, 5) is 12.7. The van der Waals surface area contributed by atoms with Crippen molar-refractivity contribution in [3.05, 3.63) is 47.7 Å². The number of aromatic nitrogens is 2. The summed E-state index contributed by atoms with van der Waals surface area (Å²) < 4.78 is 2.00. The van der Waals surface area contributed by atoms with Crippen molar-refractivity contribution in [2.45, 2.75) is 51.5 Å². The van der Waals surface area contributed by atoms with Crippen LogP contribution in [-0.4, -0.2) is 28.8 Å². The van der Waals surface area contributed by atoms with E-state index < -0.39 is 0 Å². The van der Waals surface area contributed by atoms with Crippen LogP contribution < -0.4 is 10.6 Å². The lowest BCUT2D eigenvalue weighted by Gasteiger charge is -2.28. The van der Waals surface area contributed by atoms with E-state index in [-0.39, 0.29) is 11.9 Å². The van der Waals surface area contributed by atoms with Crippen LogP contribution in [0, 0.1) is 11.8 Å². The van der Waals surface area contributed by atoms with Crippen LogP contribution in [0.25, 0.3) is 0 Å². The number of nitrogens with one attached hydrogen (secondary N) is 2. The van der Waals surface area contributed by atoms with E-state index in [1.165, 1.54) is 24.0 Å². The first-order valence-corrected chi connectivity index (χ1v) is 10.3. The fourth-order valence-electron chi connectivity index (χ4n) is 4.66. The minimum atomic E-state index is 0.0962. The van der Waals surface area contributed by atoms with Crippen molar-refractivity contribution < 1.29 is 4.79 Å². The number of rotatable bonds is 5. The highest BCUT2D eigenvalue weighted by Gasteiger charge is 2.25. The molecular weight excluding hydrogens is 336 g/mol. The molecule has 1 saturated heterocycles. The van der Waals surface area contributed by atoms with Gasteiger partial charge in [-0.15, -0.1) is 0 Å². The second-order valence-electron chi connectivity index (χ2n) is 8.10. The van der Waals surface area contributed by atoms with Crippen LogP contribution in [0.4, 0.5) is 5.82 Å². The topological polar surface area (TPSA) is 59.0 Å². The Kier molecular flexibility index (Phi) is 5.58. The predicted molar refractivity (Wildman–Crippen MR) is 108 cm³/mol. The van der Waals surface area contributed by atoms with Crippen molar-refractivity contribution in [2.75, 3.05) is 18.4 Å². The van der Waals surface area contributed by atoms with Crippen molar-refractivity contribution in [1.29, 1.82) is 0 Å². The van der Waals surface area contributed by atoms with Crippen molar-refractivity contribution in [3.8, 4) is 0 Å². The smallest absolute Gasteiger partial charge is 0.225 e. The van der Waals surface area contributed by atoms with Gasteiger partial charge in [-0.1, -0.05) is 31.2 Å². The second kappa shape index (κ2) is 8.26. The Balaban J connectivity index is 1.44. The van der Waals surface area contributed by atoms with Crippen LogP contribution in [-0.2, 0) is 11.2 Å². The zero-order valence-corrected chi connectivity index (χ0v) is 16.2. The van der Waals surface area contributed by atoms with Gasteiger partial charge in [-0.2, -0.15) is 5.10 Å². The van der Waals surface area contributed by atoms with Crippen LogP contribution in [0.2, 0.25) is 0 Å². The van der Waals surface area contributed by atoms with E-state index >= 15 is 0 Å². The molecule has 2 aromatic rings. The number of aryl methyl sites for hydroxylation is 1. The molecule has 3 unspecified atom stereocenters. The molecule has 0 spiro atoms. The van der Waals surface area contributed by atoms with Gasteiger partial charge in [-0.25, -0.2) is 4.68 Å². The summed E-state index contributed by atoms with van der Waals surface area (Å²) in [5.41, 5.74) is 2.74. The van der Waals surface area contributed by atoms with Crippen molar-refractivity contribution in [1.82, 2.24) is 15.1 Å². The Bertz CT molecular complexity index is 778. The van der Waals surface area contributed by atoms with Crippen LogP contribution in [0.1, 0.15) is 56.2 Å². The van der Waals surface area contributed by atoms with Gasteiger partial charge in [0.25, 0.3) is 0 Å². The van der Waals surface area contributed by atoms with Gasteiger partial charge in [-0.3, -0.25) is 4.79 Å². The fraction of sp³-hybridized carbons (Fsp3) is 0.545. The molecule has 1 aromatic carbocycles. The molecule has 2 heterocycles. The molecule has 0 saturated carbocycles. The van der Waals surface area contributed by atoms with Crippen LogP contribution in [0.5, 0.6) is 0 Å². The van der Waals surface area contributed by atoms with E-state index in [1.807, 2.05) is 10.7 Å². The summed E-state index contributed by atoms with van der Waals surface area (Å²) in [7, 11) is 0. The summed E-state index contributed by atoms with van der Waals surface area (Å²) in [5.74, 6) is 1.90. The molecule has 5 nitrogen and oxygen atoms in total. The highest BCUT2D eigenvalue weighted by atomic mass is 16.1. The van der Waals surface area contributed by atoms with Crippen molar-refractivity contribution >= 4 is 11.7 Å². The third-order valence-corrected chi connectivity index (χ3v) is 6.22. The van der Waals surface area contributed by atoms with Gasteiger partial charge in [0.2, 0.25) is 5.91 Å². The maximum Gasteiger partial charge on any atom is 0.225 e. The fourth-order valence-corrected chi connectivity index (χ4v) is 4.66. The average molecular weight is 367 g/mol. The molecular formula is C22H30N4O. The van der Waals surface area contributed by atoms with Crippen LogP contribution in [0.15, 0.2) is 36.5 Å². The van der Waals surface area contributed by atoms with E-state index in [2.05, 4.69) is 46.9 Å². The molecule has 144 valence electrons. The normalized spacial score (nSPS) is 23.4. The maximum atomic E-state index is 12.7. The quantitative estimate of drug-likeness (QED) is 0.847. The lowest BCUT2D eigenvalue weighted by atomic mass is 9.85. The molecule has 1 fully saturated rings. The molecule has 4 rings (SSSR count). The zero-order valence-electron chi connectivity index (χ0n) is 16.2. The number of benzene rings is 1. The number of hydrogen-bond donors (Lipinski definition) is 2. The van der Waals surface area contributed by atoms with Crippen LogP contribution in [0.3, 0.4) is 0 Å². The molecule has 0 radical (unpaired) electrons. The van der Waals surface area contributed by atoms with Crippen molar-refractivity contribution in [2.24, 2.45) is 11.8 Å². The number of nitrogens with zero attached hydrogens (tertiary/aromatic N) is 2. The number of amides is 1. The highest BCUT2D eigenvalue weighted by Crippen LogP contribution is 2.34. The van der Waals surface area contributed by atoms with E-state index in [0.717, 1.165) is 38.2 Å². The first kappa shape index (κ1) is 18.2. The van der Waals surface area contributed by atoms with Gasteiger partial charge in [0.05, 0.1) is 12.2 Å². The first-order chi connectivity index (χ1) is 13.2. The van der Waals surface area contributed by atoms with Gasteiger partial charge in [0.15, 0.2) is 0 Å². The third kappa shape index (κ3) is 4.08. The summed E-state index contributed by atoms with van der Waals surface area (Å²) in [5, 5.41) is 11.1. The van der Waals surface area contributed by atoms with Gasteiger partial charge >= 0.3 is 0 Å². The van der Waals surface area contributed by atoms with Gasteiger partial charge in [0.1, 0.15) is 5.82 Å². The number of carbonyl (C=O) groups is 1. The molecule has 1 aliphatic heterocycles. The Morgan fingerprint density at radius 2 is 2.19 bits per heavy atom. The number of anilines is 1. The first-order valence-electron chi connectivity index (χ1n) is 10.3. The van der Waals surface area contributed by atoms with E-state index in [9.17, 15) is 4.79 Å². The molecule has 2 aliphatic rings. The lowest BCUT2D eigenvalue weighted by Crippen LogP contribution is -2.34. The maximum absolute atomic E-state index is 12.7. The number of fused-ring (bicyclic) bond motifs is 1. The zero-order chi connectivity index (χ0) is 18.6. The minimum absolute atomic E-state index is 0.0962. The molecule has 1 amide bonds. The number of carbonyl (C=O) groups excluding carboxylic acids is 1. The van der Waals surface area contributed by atoms with E-state index in [0.29, 0.717) is 18.3 Å². The van der Waals surface area contributed by atoms with Gasteiger partial charge in [-0.05, 0) is 68.2 Å². The van der Waals surface area contributed by atoms with Crippen LogP contribution >= 0.6 is 0 Å². The number of hydrogen-bond acceptors (Lipinski definition) is 3. The second-order valence-corrected chi connectivity index (χ2v) is 8.10. The molecule has 27 heavy (non-hydrogen) atoms. The third-order valence-electron chi connectivity index (χ3n) is 6.22. The van der Waals surface area contributed by atoms with Gasteiger partial charge < -0.3 is 10.6 Å². The van der Waals surface area contributed by atoms with E-state index in [1.54, 1.807) is 6.20 Å². The Labute approximate surface area is 161 Å². The Morgan fingerprint density at radius 3 is 3.04 bits per heavy atom. The number of piperidine rings is 1. The summed E-state index contributed by atoms with van der Waals surface area (Å²) in [6.07, 6.45) is 8.14. The summed E-state index contributed by atoms with van der Waals surface area (Å²) >= 11 is 0. The standard InChI is InChI=1S/C22H30N4O/c1-16(18-8-5-12-23-15-18)14-22(27)25-21-11-13-24-26(21)20-10-4-7-17-6-2-3-9-19(17)20/h2-3,6,9,11,13,16,18,20,23H,4-5,7-8,10,12,14-15H2,1H3,(H,25,27). The molecule has 3 atom stereocenters. The average Bonchev–Trinajstić information content (AvgIpc) is 3.15. The van der Waals surface area contributed by atoms with Gasteiger partial charge in [0, 0.05) is 12.5 Å². The SMILES string of the molecule is CC(CC(=O)Nc1ccnn1C1CCCc2ccccc21)C1CCCNC1. The minimum Gasteiger partial charge on any atom is -0.316 e. The summed E-state index contributed by atoms with van der Waals surface area (Å²) in [6.45, 7) is 4.34. The molecule has 2 N–H and O–H groups in total. The molecule has 0 bridgehead atoms. The molecule has 1 aliphatic carbocycles. The highest BCUT2D eigenvalue weighted by molar-refractivity contribution is 5.90. The largest absolute Gasteiger partial charge is 0.316 e. The monoisotopic (exact) mass is 366 g/mol.